The Bertz CT molecular complexity index is 829. The Hall–Kier alpha value is -2.34. The summed E-state index contributed by atoms with van der Waals surface area (Å²) >= 11 is 6.19. The van der Waals surface area contributed by atoms with Crippen LogP contribution < -0.4 is 10.1 Å². The van der Waals surface area contributed by atoms with E-state index >= 15 is 0 Å². The van der Waals surface area contributed by atoms with Crippen LogP contribution in [0.4, 0.5) is 5.82 Å². The molecule has 24 heavy (non-hydrogen) atoms. The highest BCUT2D eigenvalue weighted by Gasteiger charge is 2.31. The lowest BCUT2D eigenvalue weighted by atomic mass is 10.0. The fourth-order valence-corrected chi connectivity index (χ4v) is 3.34. The molecule has 126 valence electrons. The number of nitrogens with one attached hydrogen (secondary N) is 1. The van der Waals surface area contributed by atoms with Gasteiger partial charge in [0.25, 0.3) is 5.91 Å². The van der Waals surface area contributed by atoms with Crippen molar-refractivity contribution in [1.29, 1.82) is 0 Å². The number of ketones is 1. The molecule has 1 aromatic carbocycles. The van der Waals surface area contributed by atoms with Crippen LogP contribution in [0, 0.1) is 6.92 Å². The van der Waals surface area contributed by atoms with Crippen LogP contribution in [0.3, 0.4) is 0 Å². The van der Waals surface area contributed by atoms with Crippen molar-refractivity contribution >= 4 is 29.1 Å². The molecule has 0 bridgehead atoms. The summed E-state index contributed by atoms with van der Waals surface area (Å²) in [5, 5.41) is 7.45. The summed E-state index contributed by atoms with van der Waals surface area (Å²) in [4.78, 5) is 24.3. The zero-order valence-corrected chi connectivity index (χ0v) is 14.5. The van der Waals surface area contributed by atoms with Crippen molar-refractivity contribution < 1.29 is 14.3 Å². The third-order valence-corrected chi connectivity index (χ3v) is 4.38. The molecule has 1 aliphatic carbocycles. The predicted octanol–water partition coefficient (Wildman–Crippen LogP) is 3.09. The number of fused-ring (bicyclic) bond motifs is 1. The molecule has 0 spiro atoms. The molecular weight excluding hydrogens is 330 g/mol. The molecular formula is C17H18ClN3O3. The van der Waals surface area contributed by atoms with Crippen molar-refractivity contribution in [3.05, 3.63) is 40.0 Å². The summed E-state index contributed by atoms with van der Waals surface area (Å²) in [7, 11) is 1.75. The number of hydrogen-bond acceptors (Lipinski definition) is 4. The van der Waals surface area contributed by atoms with Crippen LogP contribution in [-0.4, -0.2) is 28.1 Å². The van der Waals surface area contributed by atoms with Crippen molar-refractivity contribution in [3.8, 4) is 5.75 Å². The van der Waals surface area contributed by atoms with Crippen LogP contribution in [0.5, 0.6) is 5.75 Å². The van der Waals surface area contributed by atoms with Gasteiger partial charge in [-0.25, -0.2) is 0 Å². The van der Waals surface area contributed by atoms with E-state index in [9.17, 15) is 9.59 Å². The Morgan fingerprint density at radius 3 is 2.92 bits per heavy atom. The minimum atomic E-state index is -0.319. The SMILES string of the molecule is Cc1cc(NC(=O)COc2ccc(Cl)c3c2C(=O)CC3C)n(C)n1. The van der Waals surface area contributed by atoms with Crippen LogP contribution in [0.1, 0.15) is 40.9 Å². The predicted molar refractivity (Wildman–Crippen MR) is 90.9 cm³/mol. The monoisotopic (exact) mass is 347 g/mol. The lowest BCUT2D eigenvalue weighted by Crippen LogP contribution is -2.22. The van der Waals surface area contributed by atoms with Crippen LogP contribution in [0.15, 0.2) is 18.2 Å². The maximum absolute atomic E-state index is 12.2. The van der Waals surface area contributed by atoms with E-state index < -0.39 is 0 Å². The van der Waals surface area contributed by atoms with Crippen molar-refractivity contribution in [2.45, 2.75) is 26.2 Å². The summed E-state index contributed by atoms with van der Waals surface area (Å²) in [6, 6.07) is 5.11. The van der Waals surface area contributed by atoms with Crippen molar-refractivity contribution in [1.82, 2.24) is 9.78 Å². The van der Waals surface area contributed by atoms with Gasteiger partial charge in [0.15, 0.2) is 12.4 Å². The number of aryl methyl sites for hydroxylation is 2. The van der Waals surface area contributed by atoms with Crippen molar-refractivity contribution in [3.63, 3.8) is 0 Å². The van der Waals surface area contributed by atoms with Gasteiger partial charge >= 0.3 is 0 Å². The van der Waals surface area contributed by atoms with Crippen molar-refractivity contribution in [2.24, 2.45) is 7.05 Å². The molecule has 0 saturated heterocycles. The second-order valence-corrected chi connectivity index (χ2v) is 6.40. The minimum Gasteiger partial charge on any atom is -0.483 e. The van der Waals surface area contributed by atoms with Gasteiger partial charge in [-0.3, -0.25) is 14.3 Å². The van der Waals surface area contributed by atoms with E-state index in [1.165, 1.54) is 0 Å². The number of carbonyl (C=O) groups excluding carboxylic acids is 2. The maximum Gasteiger partial charge on any atom is 0.263 e. The normalized spacial score (nSPS) is 16.2. The Labute approximate surface area is 144 Å². The second-order valence-electron chi connectivity index (χ2n) is 5.99. The molecule has 1 unspecified atom stereocenters. The van der Waals surface area contributed by atoms with Gasteiger partial charge < -0.3 is 10.1 Å². The Balaban J connectivity index is 1.73. The first-order valence-corrected chi connectivity index (χ1v) is 8.03. The molecule has 1 aliphatic rings. The number of carbonyl (C=O) groups is 2. The standard InChI is InChI=1S/C17H18ClN3O3/c1-9-6-12(22)17-13(5-4-11(18)16(9)17)24-8-15(23)19-14-7-10(2)20-21(14)3/h4-5,7,9H,6,8H2,1-3H3,(H,19,23). The molecule has 0 fully saturated rings. The fourth-order valence-electron chi connectivity index (χ4n) is 3.00. The molecule has 1 atom stereocenters. The van der Waals surface area contributed by atoms with Crippen molar-refractivity contribution in [2.75, 3.05) is 11.9 Å². The van der Waals surface area contributed by atoms with E-state index in [-0.39, 0.29) is 24.2 Å². The molecule has 7 heteroatoms. The smallest absolute Gasteiger partial charge is 0.263 e. The van der Waals surface area contributed by atoms with Gasteiger partial charge in [0.1, 0.15) is 11.6 Å². The highest BCUT2D eigenvalue weighted by atomic mass is 35.5. The number of ether oxygens (including phenoxy) is 1. The van der Waals surface area contributed by atoms with Crippen LogP contribution in [0.25, 0.3) is 0 Å². The van der Waals surface area contributed by atoms with Gasteiger partial charge in [0.2, 0.25) is 0 Å². The molecule has 0 aliphatic heterocycles. The first-order chi connectivity index (χ1) is 11.4. The zero-order chi connectivity index (χ0) is 17.4. The van der Waals surface area contributed by atoms with E-state index in [4.69, 9.17) is 16.3 Å². The average Bonchev–Trinajstić information content (AvgIpc) is 2.98. The van der Waals surface area contributed by atoms with E-state index in [0.29, 0.717) is 28.6 Å². The molecule has 0 saturated carbocycles. The molecule has 1 amide bonds. The Morgan fingerprint density at radius 2 is 2.25 bits per heavy atom. The number of aromatic nitrogens is 2. The number of hydrogen-bond donors (Lipinski definition) is 1. The number of anilines is 1. The quantitative estimate of drug-likeness (QED) is 0.922. The molecule has 1 aromatic heterocycles. The summed E-state index contributed by atoms with van der Waals surface area (Å²) < 4.78 is 7.16. The number of Topliss-reactive ketones (excluding diaryl/α,β-unsaturated/α-hetero) is 1. The summed E-state index contributed by atoms with van der Waals surface area (Å²) in [6.07, 6.45) is 0.413. The van der Waals surface area contributed by atoms with Gasteiger partial charge in [0.05, 0.1) is 11.3 Å². The van der Waals surface area contributed by atoms with Gasteiger partial charge in [-0.1, -0.05) is 18.5 Å². The fraction of sp³-hybridized carbons (Fsp3) is 0.353. The summed E-state index contributed by atoms with van der Waals surface area (Å²) in [6.45, 7) is 3.60. The molecule has 6 nitrogen and oxygen atoms in total. The summed E-state index contributed by atoms with van der Waals surface area (Å²) in [5.74, 6) is 0.736. The molecule has 2 aromatic rings. The van der Waals surface area contributed by atoms with Gasteiger partial charge in [-0.15, -0.1) is 0 Å². The topological polar surface area (TPSA) is 73.2 Å². The highest BCUT2D eigenvalue weighted by molar-refractivity contribution is 6.32. The second kappa shape index (κ2) is 6.28. The Kier molecular flexibility index (Phi) is 4.32. The van der Waals surface area contributed by atoms with Gasteiger partial charge in [-0.05, 0) is 30.5 Å². The zero-order valence-electron chi connectivity index (χ0n) is 13.7. The molecule has 3 rings (SSSR count). The minimum absolute atomic E-state index is 0.00216. The summed E-state index contributed by atoms with van der Waals surface area (Å²) in [5.41, 5.74) is 2.12. The van der Waals surface area contributed by atoms with E-state index in [0.717, 1.165) is 11.3 Å². The molecule has 0 radical (unpaired) electrons. The van der Waals surface area contributed by atoms with Crippen LogP contribution in [-0.2, 0) is 11.8 Å². The third kappa shape index (κ3) is 3.01. The number of nitrogens with zero attached hydrogens (tertiary/aromatic N) is 2. The lowest BCUT2D eigenvalue weighted by Gasteiger charge is -2.12. The number of rotatable bonds is 4. The number of benzene rings is 1. The third-order valence-electron chi connectivity index (χ3n) is 4.05. The largest absolute Gasteiger partial charge is 0.483 e. The molecule has 1 heterocycles. The van der Waals surface area contributed by atoms with Crippen LogP contribution >= 0.6 is 11.6 Å². The van der Waals surface area contributed by atoms with E-state index in [1.54, 1.807) is 29.9 Å². The maximum atomic E-state index is 12.2. The van der Waals surface area contributed by atoms with Gasteiger partial charge in [0, 0.05) is 24.6 Å². The number of halogens is 1. The first kappa shape index (κ1) is 16.5. The Morgan fingerprint density at radius 1 is 1.50 bits per heavy atom. The van der Waals surface area contributed by atoms with Gasteiger partial charge in [-0.2, -0.15) is 5.10 Å². The van der Waals surface area contributed by atoms with E-state index in [1.807, 2.05) is 13.8 Å². The van der Waals surface area contributed by atoms with Crippen LogP contribution in [0.2, 0.25) is 5.02 Å². The average molecular weight is 348 g/mol. The number of amides is 1. The van der Waals surface area contributed by atoms with E-state index in [2.05, 4.69) is 10.4 Å². The molecule has 1 N–H and O–H groups in total. The lowest BCUT2D eigenvalue weighted by molar-refractivity contribution is -0.118. The first-order valence-electron chi connectivity index (χ1n) is 7.65. The highest BCUT2D eigenvalue weighted by Crippen LogP contribution is 2.42.